The highest BCUT2D eigenvalue weighted by molar-refractivity contribution is 5.93. The van der Waals surface area contributed by atoms with Crippen molar-refractivity contribution < 1.29 is 4.79 Å². The quantitative estimate of drug-likeness (QED) is 0.916. The number of nitrogens with zero attached hydrogens (tertiary/aromatic N) is 5. The van der Waals surface area contributed by atoms with Crippen molar-refractivity contribution in [3.63, 3.8) is 0 Å². The van der Waals surface area contributed by atoms with Gasteiger partial charge < -0.3 is 9.88 Å². The standard InChI is InChI=1S/C19H28N6O/c1-15-18(21-14-20-15)19(26)24-9-10-25-17(13-24)11-16(22-25)12-23-7-5-3-2-4-6-8-23/h11,14H,2-10,12-13H2,1H3,(H,20,21). The van der Waals surface area contributed by atoms with E-state index in [-0.39, 0.29) is 5.91 Å². The van der Waals surface area contributed by atoms with Gasteiger partial charge in [0.15, 0.2) is 0 Å². The molecule has 0 radical (unpaired) electrons. The molecule has 2 aromatic rings. The van der Waals surface area contributed by atoms with Gasteiger partial charge in [0.2, 0.25) is 0 Å². The topological polar surface area (TPSA) is 70.0 Å². The molecule has 2 aliphatic rings. The first kappa shape index (κ1) is 17.3. The average molecular weight is 356 g/mol. The fourth-order valence-electron chi connectivity index (χ4n) is 4.00. The van der Waals surface area contributed by atoms with Crippen LogP contribution in [0.5, 0.6) is 0 Å². The van der Waals surface area contributed by atoms with Gasteiger partial charge in [-0.1, -0.05) is 19.3 Å². The van der Waals surface area contributed by atoms with Crippen LogP contribution >= 0.6 is 0 Å². The summed E-state index contributed by atoms with van der Waals surface area (Å²) in [6.45, 7) is 7.20. The van der Waals surface area contributed by atoms with Crippen molar-refractivity contribution in [3.8, 4) is 0 Å². The second-order valence-electron chi connectivity index (χ2n) is 7.50. The zero-order valence-corrected chi connectivity index (χ0v) is 15.6. The van der Waals surface area contributed by atoms with Crippen molar-refractivity contribution in [3.05, 3.63) is 35.2 Å². The Morgan fingerprint density at radius 1 is 1.12 bits per heavy atom. The Labute approximate surface area is 154 Å². The number of aromatic amines is 1. The second kappa shape index (κ2) is 7.61. The summed E-state index contributed by atoms with van der Waals surface area (Å²) in [7, 11) is 0. The van der Waals surface area contributed by atoms with E-state index in [2.05, 4.69) is 25.6 Å². The molecule has 1 fully saturated rings. The predicted octanol–water partition coefficient (Wildman–Crippen LogP) is 2.34. The maximum Gasteiger partial charge on any atom is 0.274 e. The molecule has 0 aromatic carbocycles. The number of hydrogen-bond donors (Lipinski definition) is 1. The Kier molecular flexibility index (Phi) is 5.06. The smallest absolute Gasteiger partial charge is 0.274 e. The highest BCUT2D eigenvalue weighted by Crippen LogP contribution is 2.19. The predicted molar refractivity (Wildman–Crippen MR) is 98.7 cm³/mol. The van der Waals surface area contributed by atoms with Crippen LogP contribution in [0.15, 0.2) is 12.4 Å². The molecule has 0 saturated carbocycles. The van der Waals surface area contributed by atoms with E-state index in [9.17, 15) is 4.79 Å². The maximum absolute atomic E-state index is 12.7. The molecule has 7 nitrogen and oxygen atoms in total. The summed E-state index contributed by atoms with van der Waals surface area (Å²) in [5.41, 5.74) is 3.61. The van der Waals surface area contributed by atoms with Crippen molar-refractivity contribution in [1.82, 2.24) is 29.5 Å². The molecule has 2 aliphatic heterocycles. The van der Waals surface area contributed by atoms with Gasteiger partial charge in [0, 0.05) is 18.8 Å². The van der Waals surface area contributed by atoms with Crippen LogP contribution in [0.25, 0.3) is 0 Å². The lowest BCUT2D eigenvalue weighted by Gasteiger charge is -2.27. The number of aryl methyl sites for hydroxylation is 1. The highest BCUT2D eigenvalue weighted by Gasteiger charge is 2.25. The summed E-state index contributed by atoms with van der Waals surface area (Å²) in [5, 5.41) is 4.79. The number of carbonyl (C=O) groups is 1. The van der Waals surface area contributed by atoms with Crippen LogP contribution in [0.4, 0.5) is 0 Å². The third-order valence-electron chi connectivity index (χ3n) is 5.50. The summed E-state index contributed by atoms with van der Waals surface area (Å²) >= 11 is 0. The molecule has 1 N–H and O–H groups in total. The first-order chi connectivity index (χ1) is 12.7. The van der Waals surface area contributed by atoms with Crippen LogP contribution < -0.4 is 0 Å². The number of amides is 1. The molecule has 0 aliphatic carbocycles. The third-order valence-corrected chi connectivity index (χ3v) is 5.50. The molecule has 0 bridgehead atoms. The van der Waals surface area contributed by atoms with E-state index in [1.54, 1.807) is 6.33 Å². The monoisotopic (exact) mass is 356 g/mol. The largest absolute Gasteiger partial charge is 0.348 e. The summed E-state index contributed by atoms with van der Waals surface area (Å²) in [5.74, 6) is 0.00141. The fourth-order valence-corrected chi connectivity index (χ4v) is 4.00. The van der Waals surface area contributed by atoms with Gasteiger partial charge in [-0.15, -0.1) is 0 Å². The van der Waals surface area contributed by atoms with Crippen LogP contribution in [0.2, 0.25) is 0 Å². The van der Waals surface area contributed by atoms with Crippen LogP contribution in [0.1, 0.15) is 59.7 Å². The first-order valence-electron chi connectivity index (χ1n) is 9.78. The lowest BCUT2D eigenvalue weighted by atomic mass is 10.1. The van der Waals surface area contributed by atoms with Gasteiger partial charge in [-0.3, -0.25) is 14.4 Å². The molecule has 7 heteroatoms. The number of fused-ring (bicyclic) bond motifs is 1. The second-order valence-corrected chi connectivity index (χ2v) is 7.50. The number of rotatable bonds is 3. The molecule has 1 amide bonds. The molecular weight excluding hydrogens is 328 g/mol. The summed E-state index contributed by atoms with van der Waals surface area (Å²) < 4.78 is 2.07. The number of aromatic nitrogens is 4. The zero-order valence-electron chi connectivity index (χ0n) is 15.6. The van der Waals surface area contributed by atoms with E-state index in [0.717, 1.165) is 30.2 Å². The molecule has 140 valence electrons. The Morgan fingerprint density at radius 2 is 1.88 bits per heavy atom. The minimum atomic E-state index is 0.00141. The van der Waals surface area contributed by atoms with Gasteiger partial charge in [-0.25, -0.2) is 4.98 Å². The van der Waals surface area contributed by atoms with E-state index in [1.807, 2.05) is 11.8 Å². The molecule has 0 atom stereocenters. The van der Waals surface area contributed by atoms with Crippen LogP contribution in [0, 0.1) is 6.92 Å². The molecule has 0 unspecified atom stereocenters. The fraction of sp³-hybridized carbons (Fsp3) is 0.632. The van der Waals surface area contributed by atoms with Gasteiger partial charge in [0.05, 0.1) is 30.8 Å². The molecule has 26 heavy (non-hydrogen) atoms. The van der Waals surface area contributed by atoms with Crippen LogP contribution in [0.3, 0.4) is 0 Å². The Hall–Kier alpha value is -2.15. The summed E-state index contributed by atoms with van der Waals surface area (Å²) in [6, 6.07) is 2.18. The van der Waals surface area contributed by atoms with Gasteiger partial charge in [0.25, 0.3) is 5.91 Å². The summed E-state index contributed by atoms with van der Waals surface area (Å²) in [6.07, 6.45) is 8.24. The number of hydrogen-bond acceptors (Lipinski definition) is 4. The molecular formula is C19H28N6O. The summed E-state index contributed by atoms with van der Waals surface area (Å²) in [4.78, 5) is 24.3. The molecule has 1 saturated heterocycles. The highest BCUT2D eigenvalue weighted by atomic mass is 16.2. The average Bonchev–Trinajstić information content (AvgIpc) is 3.21. The van der Waals surface area contributed by atoms with E-state index in [0.29, 0.717) is 18.8 Å². The number of H-pyrrole nitrogens is 1. The van der Waals surface area contributed by atoms with Crippen molar-refractivity contribution in [1.29, 1.82) is 0 Å². The molecule has 4 heterocycles. The van der Waals surface area contributed by atoms with Crippen molar-refractivity contribution >= 4 is 5.91 Å². The Balaban J connectivity index is 1.42. The number of likely N-dealkylation sites (tertiary alicyclic amines) is 1. The van der Waals surface area contributed by atoms with Crippen molar-refractivity contribution in [2.45, 2.75) is 58.7 Å². The number of carbonyl (C=O) groups excluding carboxylic acids is 1. The van der Waals surface area contributed by atoms with Gasteiger partial charge >= 0.3 is 0 Å². The third kappa shape index (κ3) is 3.67. The first-order valence-corrected chi connectivity index (χ1v) is 9.78. The molecule has 2 aromatic heterocycles. The minimum absolute atomic E-state index is 0.00141. The zero-order chi connectivity index (χ0) is 17.9. The van der Waals surface area contributed by atoms with Crippen molar-refractivity contribution in [2.24, 2.45) is 0 Å². The Morgan fingerprint density at radius 3 is 2.62 bits per heavy atom. The normalized spacial score (nSPS) is 19.0. The van der Waals surface area contributed by atoms with E-state index in [1.165, 1.54) is 45.2 Å². The number of nitrogens with one attached hydrogen (secondary N) is 1. The van der Waals surface area contributed by atoms with Gasteiger partial charge in [-0.2, -0.15) is 5.10 Å². The van der Waals surface area contributed by atoms with E-state index < -0.39 is 0 Å². The maximum atomic E-state index is 12.7. The lowest BCUT2D eigenvalue weighted by molar-refractivity contribution is 0.0700. The van der Waals surface area contributed by atoms with Gasteiger partial charge in [0.1, 0.15) is 5.69 Å². The molecule has 0 spiro atoms. The van der Waals surface area contributed by atoms with Crippen LogP contribution in [-0.2, 0) is 19.6 Å². The number of imidazole rings is 1. The van der Waals surface area contributed by atoms with E-state index >= 15 is 0 Å². The lowest BCUT2D eigenvalue weighted by Crippen LogP contribution is -2.38. The van der Waals surface area contributed by atoms with Crippen LogP contribution in [-0.4, -0.2) is 55.1 Å². The minimum Gasteiger partial charge on any atom is -0.348 e. The van der Waals surface area contributed by atoms with E-state index in [4.69, 9.17) is 5.10 Å². The van der Waals surface area contributed by atoms with Crippen molar-refractivity contribution in [2.75, 3.05) is 19.6 Å². The Bertz CT molecular complexity index is 756. The molecule has 4 rings (SSSR count). The SMILES string of the molecule is Cc1[nH]cnc1C(=O)N1CCn2nc(CN3CCCCCCC3)cc2C1. The van der Waals surface area contributed by atoms with Gasteiger partial charge in [-0.05, 0) is 38.9 Å².